The number of carbonyl (C=O) groups excluding carboxylic acids is 1. The number of hydrogen-bond acceptors (Lipinski definition) is 4. The van der Waals surface area contributed by atoms with Crippen LogP contribution in [0.1, 0.15) is 42.5 Å². The molecular weight excluding hydrogens is 242 g/mol. The van der Waals surface area contributed by atoms with Crippen LogP contribution >= 0.6 is 0 Å². The van der Waals surface area contributed by atoms with Crippen molar-refractivity contribution in [2.24, 2.45) is 5.73 Å². The van der Waals surface area contributed by atoms with Gasteiger partial charge in [0.25, 0.3) is 5.91 Å². The van der Waals surface area contributed by atoms with Crippen LogP contribution in [0.15, 0.2) is 18.3 Å². The monoisotopic (exact) mass is 263 g/mol. The maximum absolute atomic E-state index is 11.5. The summed E-state index contributed by atoms with van der Waals surface area (Å²) < 4.78 is 0. The van der Waals surface area contributed by atoms with Crippen molar-refractivity contribution in [1.29, 1.82) is 0 Å². The maximum atomic E-state index is 11.5. The van der Waals surface area contributed by atoms with Gasteiger partial charge in [-0.15, -0.1) is 0 Å². The molecule has 1 saturated carbocycles. The minimum atomic E-state index is -0.471. The summed E-state index contributed by atoms with van der Waals surface area (Å²) in [5.41, 5.74) is 5.84. The Morgan fingerprint density at radius 1 is 1.42 bits per heavy atom. The summed E-state index contributed by atoms with van der Waals surface area (Å²) in [5, 5.41) is 9.27. The molecule has 104 valence electrons. The fourth-order valence-corrected chi connectivity index (χ4v) is 2.78. The van der Waals surface area contributed by atoms with E-state index < -0.39 is 5.91 Å². The first-order valence-corrected chi connectivity index (χ1v) is 6.86. The number of nitrogens with zero attached hydrogens (tertiary/aromatic N) is 2. The zero-order valence-corrected chi connectivity index (χ0v) is 11.1. The van der Waals surface area contributed by atoms with Crippen molar-refractivity contribution in [2.75, 3.05) is 18.1 Å². The Morgan fingerprint density at radius 2 is 2.16 bits per heavy atom. The molecule has 1 amide bonds. The molecule has 0 atom stereocenters. The Morgan fingerprint density at radius 3 is 2.79 bits per heavy atom. The van der Waals surface area contributed by atoms with E-state index >= 15 is 0 Å². The zero-order chi connectivity index (χ0) is 13.7. The van der Waals surface area contributed by atoms with Crippen LogP contribution < -0.4 is 10.6 Å². The number of rotatable bonds is 5. The molecule has 0 unspecified atom stereocenters. The van der Waals surface area contributed by atoms with Crippen LogP contribution in [0.4, 0.5) is 5.82 Å². The van der Waals surface area contributed by atoms with Crippen LogP contribution in [0.2, 0.25) is 0 Å². The Kier molecular flexibility index (Phi) is 4.74. The molecule has 0 bridgehead atoms. The van der Waals surface area contributed by atoms with Gasteiger partial charge in [-0.05, 0) is 25.0 Å². The predicted molar refractivity (Wildman–Crippen MR) is 74.1 cm³/mol. The fraction of sp³-hybridized carbons (Fsp3) is 0.571. The van der Waals surface area contributed by atoms with E-state index in [9.17, 15) is 9.90 Å². The number of aromatic nitrogens is 1. The number of amides is 1. The molecule has 1 aromatic heterocycles. The van der Waals surface area contributed by atoms with Crippen molar-refractivity contribution >= 4 is 11.7 Å². The maximum Gasteiger partial charge on any atom is 0.252 e. The summed E-state index contributed by atoms with van der Waals surface area (Å²) in [4.78, 5) is 17.9. The molecule has 0 spiro atoms. The zero-order valence-electron chi connectivity index (χ0n) is 11.1. The Balaban J connectivity index is 2.29. The lowest BCUT2D eigenvalue weighted by atomic mass is 9.94. The van der Waals surface area contributed by atoms with Crippen molar-refractivity contribution < 1.29 is 9.90 Å². The molecule has 1 aromatic rings. The summed E-state index contributed by atoms with van der Waals surface area (Å²) in [6, 6.07) is 3.74. The van der Waals surface area contributed by atoms with Gasteiger partial charge in [0.15, 0.2) is 0 Å². The normalized spacial score (nSPS) is 16.3. The van der Waals surface area contributed by atoms with Gasteiger partial charge in [0.2, 0.25) is 0 Å². The summed E-state index contributed by atoms with van der Waals surface area (Å²) in [6.07, 6.45) is 7.45. The van der Waals surface area contributed by atoms with E-state index in [0.29, 0.717) is 24.0 Å². The molecule has 0 aromatic carbocycles. The molecule has 0 radical (unpaired) electrons. The highest BCUT2D eigenvalue weighted by Crippen LogP contribution is 2.27. The first-order chi connectivity index (χ1) is 9.24. The van der Waals surface area contributed by atoms with Crippen molar-refractivity contribution in [3.05, 3.63) is 23.9 Å². The number of aliphatic hydroxyl groups is 1. The van der Waals surface area contributed by atoms with Crippen LogP contribution in [-0.4, -0.2) is 35.2 Å². The second-order valence-corrected chi connectivity index (χ2v) is 4.95. The second-order valence-electron chi connectivity index (χ2n) is 4.95. The van der Waals surface area contributed by atoms with Crippen molar-refractivity contribution in [3.8, 4) is 0 Å². The van der Waals surface area contributed by atoms with Gasteiger partial charge in [-0.3, -0.25) is 4.79 Å². The van der Waals surface area contributed by atoms with Crippen molar-refractivity contribution in [2.45, 2.75) is 38.1 Å². The van der Waals surface area contributed by atoms with Gasteiger partial charge in [0, 0.05) is 18.8 Å². The quantitative estimate of drug-likeness (QED) is 0.839. The Bertz CT molecular complexity index is 430. The van der Waals surface area contributed by atoms with Crippen LogP contribution in [0.25, 0.3) is 0 Å². The van der Waals surface area contributed by atoms with E-state index in [1.807, 2.05) is 4.90 Å². The molecule has 5 nitrogen and oxygen atoms in total. The molecular formula is C14H21N3O2. The van der Waals surface area contributed by atoms with Gasteiger partial charge in [-0.25, -0.2) is 4.98 Å². The van der Waals surface area contributed by atoms with Crippen LogP contribution in [0.5, 0.6) is 0 Å². The van der Waals surface area contributed by atoms with Gasteiger partial charge in [0.05, 0.1) is 12.2 Å². The number of aliphatic hydroxyl groups excluding tert-OH is 1. The van der Waals surface area contributed by atoms with Gasteiger partial charge in [-0.1, -0.05) is 19.3 Å². The SMILES string of the molecule is NC(=O)c1cccnc1N(CCO)C1CCCCC1. The van der Waals surface area contributed by atoms with Crippen LogP contribution in [-0.2, 0) is 0 Å². The van der Waals surface area contributed by atoms with Gasteiger partial charge in [0.1, 0.15) is 5.82 Å². The Labute approximate surface area is 113 Å². The number of anilines is 1. The molecule has 1 aliphatic carbocycles. The summed E-state index contributed by atoms with van der Waals surface area (Å²) in [5.74, 6) is 0.137. The third-order valence-electron chi connectivity index (χ3n) is 3.68. The van der Waals surface area contributed by atoms with Crippen LogP contribution in [0.3, 0.4) is 0 Å². The standard InChI is InChI=1S/C14H21N3O2/c15-13(19)12-7-4-8-16-14(12)17(9-10-18)11-5-2-1-3-6-11/h4,7-8,11,18H,1-3,5-6,9-10H2,(H2,15,19). The first-order valence-electron chi connectivity index (χ1n) is 6.86. The van der Waals surface area contributed by atoms with Gasteiger partial charge in [-0.2, -0.15) is 0 Å². The van der Waals surface area contributed by atoms with E-state index in [1.54, 1.807) is 18.3 Å². The largest absolute Gasteiger partial charge is 0.395 e. The summed E-state index contributed by atoms with van der Waals surface area (Å²) in [6.45, 7) is 0.535. The minimum absolute atomic E-state index is 0.0469. The Hall–Kier alpha value is -1.62. The molecule has 2 rings (SSSR count). The molecule has 5 heteroatoms. The average Bonchev–Trinajstić information content (AvgIpc) is 2.45. The minimum Gasteiger partial charge on any atom is -0.395 e. The highest BCUT2D eigenvalue weighted by Gasteiger charge is 2.24. The number of pyridine rings is 1. The van der Waals surface area contributed by atoms with E-state index in [1.165, 1.54) is 19.3 Å². The summed E-state index contributed by atoms with van der Waals surface area (Å²) in [7, 11) is 0. The molecule has 3 N–H and O–H groups in total. The highest BCUT2D eigenvalue weighted by atomic mass is 16.3. The molecule has 0 aliphatic heterocycles. The molecule has 1 fully saturated rings. The van der Waals surface area contributed by atoms with E-state index in [0.717, 1.165) is 12.8 Å². The number of primary amides is 1. The van der Waals surface area contributed by atoms with E-state index in [2.05, 4.69) is 4.98 Å². The smallest absolute Gasteiger partial charge is 0.252 e. The third-order valence-corrected chi connectivity index (χ3v) is 3.68. The van der Waals surface area contributed by atoms with Crippen molar-refractivity contribution in [3.63, 3.8) is 0 Å². The average molecular weight is 263 g/mol. The lowest BCUT2D eigenvalue weighted by Crippen LogP contribution is -2.40. The van der Waals surface area contributed by atoms with Gasteiger partial charge >= 0.3 is 0 Å². The van der Waals surface area contributed by atoms with E-state index in [-0.39, 0.29) is 6.61 Å². The highest BCUT2D eigenvalue weighted by molar-refractivity contribution is 5.97. The molecule has 19 heavy (non-hydrogen) atoms. The molecule has 0 saturated heterocycles. The molecule has 1 heterocycles. The van der Waals surface area contributed by atoms with Crippen molar-refractivity contribution in [1.82, 2.24) is 4.98 Å². The third kappa shape index (κ3) is 3.23. The molecule has 1 aliphatic rings. The van der Waals surface area contributed by atoms with Gasteiger partial charge < -0.3 is 15.7 Å². The fourth-order valence-electron chi connectivity index (χ4n) is 2.78. The van der Waals surface area contributed by atoms with Crippen LogP contribution in [0, 0.1) is 0 Å². The summed E-state index contributed by atoms with van der Waals surface area (Å²) >= 11 is 0. The number of nitrogens with two attached hydrogens (primary N) is 1. The number of carbonyl (C=O) groups is 1. The number of hydrogen-bond donors (Lipinski definition) is 2. The lowest BCUT2D eigenvalue weighted by Gasteiger charge is -2.35. The topological polar surface area (TPSA) is 79.5 Å². The van der Waals surface area contributed by atoms with E-state index in [4.69, 9.17) is 5.73 Å². The first kappa shape index (κ1) is 13.8. The lowest BCUT2D eigenvalue weighted by molar-refractivity contribution is 0.1000. The predicted octanol–water partition coefficient (Wildman–Crippen LogP) is 1.31. The second kappa shape index (κ2) is 6.52.